The van der Waals surface area contributed by atoms with E-state index in [1.54, 1.807) is 29.3 Å². The van der Waals surface area contributed by atoms with Crippen molar-refractivity contribution >= 4 is 23.1 Å². The molecule has 0 aliphatic heterocycles. The first-order chi connectivity index (χ1) is 15.5. The van der Waals surface area contributed by atoms with Crippen LogP contribution in [0.25, 0.3) is 0 Å². The summed E-state index contributed by atoms with van der Waals surface area (Å²) in [5, 5.41) is 20.5. The maximum Gasteiger partial charge on any atom is 0.254 e. The van der Waals surface area contributed by atoms with E-state index in [1.165, 1.54) is 12.3 Å². The molecule has 9 nitrogen and oxygen atoms in total. The zero-order chi connectivity index (χ0) is 22.6. The van der Waals surface area contributed by atoms with Gasteiger partial charge in [-0.25, -0.2) is 4.98 Å². The molecule has 3 aromatic rings. The summed E-state index contributed by atoms with van der Waals surface area (Å²) in [5.41, 5.74) is 6.53. The molecule has 0 saturated heterocycles. The minimum atomic E-state index is -0.660. The first-order valence-electron chi connectivity index (χ1n) is 10.3. The number of nitrogens with one attached hydrogen (secondary N) is 2. The Bertz CT molecular complexity index is 1130. The second kappa shape index (κ2) is 9.01. The van der Waals surface area contributed by atoms with E-state index in [0.29, 0.717) is 18.5 Å². The lowest BCUT2D eigenvalue weighted by molar-refractivity contribution is 0.100. The van der Waals surface area contributed by atoms with E-state index in [4.69, 9.17) is 5.73 Å². The average molecular weight is 434 g/mol. The van der Waals surface area contributed by atoms with Gasteiger partial charge in [0, 0.05) is 42.6 Å². The zero-order valence-corrected chi connectivity index (χ0v) is 17.3. The van der Waals surface area contributed by atoms with Crippen molar-refractivity contribution in [3.63, 3.8) is 0 Å². The summed E-state index contributed by atoms with van der Waals surface area (Å²) in [7, 11) is 0. The van der Waals surface area contributed by atoms with Crippen molar-refractivity contribution in [2.45, 2.75) is 43.7 Å². The highest BCUT2D eigenvalue weighted by Crippen LogP contribution is 2.39. The van der Waals surface area contributed by atoms with Crippen LogP contribution in [0.5, 0.6) is 0 Å². The summed E-state index contributed by atoms with van der Waals surface area (Å²) in [6, 6.07) is 9.12. The van der Waals surface area contributed by atoms with Gasteiger partial charge in [0.2, 0.25) is 5.95 Å². The molecule has 1 aliphatic rings. The molecular formula is C22H23FN8O. The largest absolute Gasteiger partial charge is 0.381 e. The van der Waals surface area contributed by atoms with E-state index < -0.39 is 17.4 Å². The van der Waals surface area contributed by atoms with Crippen LogP contribution in [0.15, 0.2) is 49.1 Å². The SMILES string of the molecule is N#CCC1(n2cc(C(N)=O)c(Nc3ccnc(F)c3)n2)CCC(Nc2cccnc2)CC1. The molecule has 0 atom stereocenters. The number of pyridine rings is 2. The molecule has 1 amide bonds. The second-order valence-corrected chi connectivity index (χ2v) is 7.91. The third-order valence-electron chi connectivity index (χ3n) is 5.81. The van der Waals surface area contributed by atoms with Gasteiger partial charge in [-0.1, -0.05) is 0 Å². The topological polar surface area (TPSA) is 135 Å². The molecule has 0 unspecified atom stereocenters. The number of amides is 1. The van der Waals surface area contributed by atoms with Gasteiger partial charge in [0.1, 0.15) is 5.56 Å². The number of nitriles is 1. The van der Waals surface area contributed by atoms with E-state index in [1.807, 2.05) is 12.1 Å². The fourth-order valence-corrected chi connectivity index (χ4v) is 4.12. The van der Waals surface area contributed by atoms with Gasteiger partial charge in [0.05, 0.1) is 23.7 Å². The van der Waals surface area contributed by atoms with E-state index in [9.17, 15) is 14.4 Å². The summed E-state index contributed by atoms with van der Waals surface area (Å²) in [5.74, 6) is -1.10. The average Bonchev–Trinajstić information content (AvgIpc) is 3.21. The molecule has 0 aromatic carbocycles. The first kappa shape index (κ1) is 21.2. The fraction of sp³-hybridized carbons (Fsp3) is 0.318. The molecule has 1 saturated carbocycles. The van der Waals surface area contributed by atoms with Crippen LogP contribution >= 0.6 is 0 Å². The van der Waals surface area contributed by atoms with Crippen LogP contribution in [-0.2, 0) is 5.54 Å². The van der Waals surface area contributed by atoms with Crippen LogP contribution in [0.3, 0.4) is 0 Å². The Morgan fingerprint density at radius 1 is 1.31 bits per heavy atom. The normalized spacial score (nSPS) is 20.3. The Kier molecular flexibility index (Phi) is 5.98. The number of nitrogens with zero attached hydrogens (tertiary/aromatic N) is 5. The van der Waals surface area contributed by atoms with Crippen molar-refractivity contribution in [3.05, 3.63) is 60.6 Å². The fourth-order valence-electron chi connectivity index (χ4n) is 4.12. The molecule has 4 N–H and O–H groups in total. The molecule has 0 radical (unpaired) electrons. The van der Waals surface area contributed by atoms with E-state index in [2.05, 4.69) is 31.8 Å². The Labute approximate surface area is 184 Å². The highest BCUT2D eigenvalue weighted by molar-refractivity contribution is 5.98. The Hall–Kier alpha value is -4.00. The van der Waals surface area contributed by atoms with Gasteiger partial charge in [-0.15, -0.1) is 0 Å². The lowest BCUT2D eigenvalue weighted by atomic mass is 9.77. The molecule has 1 fully saturated rings. The minimum absolute atomic E-state index is 0.176. The van der Waals surface area contributed by atoms with Gasteiger partial charge in [0.15, 0.2) is 5.82 Å². The minimum Gasteiger partial charge on any atom is -0.381 e. The molecule has 0 spiro atoms. The first-order valence-corrected chi connectivity index (χ1v) is 10.3. The number of hydrogen-bond acceptors (Lipinski definition) is 7. The standard InChI is InChI=1S/C22H23FN8O/c23-19-12-16(5-11-27-19)29-21-18(20(25)32)14-31(30-21)22(8-9-24)6-3-15(4-7-22)28-17-2-1-10-26-13-17/h1-2,5,10-15,28H,3-4,6-8H2,(H2,25,32)(H,27,29,30). The van der Waals surface area contributed by atoms with Crippen molar-refractivity contribution in [2.24, 2.45) is 5.73 Å². The van der Waals surface area contributed by atoms with Crippen LogP contribution in [0.2, 0.25) is 0 Å². The van der Waals surface area contributed by atoms with Crippen LogP contribution in [0.4, 0.5) is 21.6 Å². The van der Waals surface area contributed by atoms with Gasteiger partial charge in [0.25, 0.3) is 5.91 Å². The zero-order valence-electron chi connectivity index (χ0n) is 17.3. The third kappa shape index (κ3) is 4.51. The van der Waals surface area contributed by atoms with Crippen LogP contribution in [0, 0.1) is 17.3 Å². The molecule has 3 heterocycles. The molecule has 10 heteroatoms. The van der Waals surface area contributed by atoms with Gasteiger partial charge in [-0.3, -0.25) is 14.5 Å². The number of carbonyl (C=O) groups excluding carboxylic acids is 1. The second-order valence-electron chi connectivity index (χ2n) is 7.91. The number of carbonyl (C=O) groups is 1. The highest BCUT2D eigenvalue weighted by atomic mass is 19.1. The lowest BCUT2D eigenvalue weighted by Crippen LogP contribution is -2.41. The van der Waals surface area contributed by atoms with Crippen LogP contribution < -0.4 is 16.4 Å². The quantitative estimate of drug-likeness (QED) is 0.486. The Morgan fingerprint density at radius 2 is 2.12 bits per heavy atom. The van der Waals surface area contributed by atoms with Crippen molar-refractivity contribution < 1.29 is 9.18 Å². The van der Waals surface area contributed by atoms with Gasteiger partial charge in [-0.05, 0) is 43.9 Å². The predicted molar refractivity (Wildman–Crippen MR) is 117 cm³/mol. The summed E-state index contributed by atoms with van der Waals surface area (Å²) in [6.07, 6.45) is 9.68. The number of nitrogens with two attached hydrogens (primary N) is 1. The van der Waals surface area contributed by atoms with Crippen LogP contribution in [-0.4, -0.2) is 31.7 Å². The summed E-state index contributed by atoms with van der Waals surface area (Å²) in [4.78, 5) is 19.7. The molecular weight excluding hydrogens is 411 g/mol. The Balaban J connectivity index is 1.57. The molecule has 0 bridgehead atoms. The van der Waals surface area contributed by atoms with Crippen molar-refractivity contribution in [1.82, 2.24) is 19.7 Å². The summed E-state index contributed by atoms with van der Waals surface area (Å²) in [6.45, 7) is 0. The van der Waals surface area contributed by atoms with Crippen LogP contribution in [0.1, 0.15) is 42.5 Å². The van der Waals surface area contributed by atoms with Crippen molar-refractivity contribution in [3.8, 4) is 6.07 Å². The summed E-state index contributed by atoms with van der Waals surface area (Å²) < 4.78 is 15.1. The van der Waals surface area contributed by atoms with Crippen molar-refractivity contribution in [2.75, 3.05) is 10.6 Å². The van der Waals surface area contributed by atoms with Gasteiger partial charge in [-0.2, -0.15) is 14.8 Å². The number of primary amides is 1. The number of rotatable bonds is 7. The smallest absolute Gasteiger partial charge is 0.254 e. The molecule has 4 rings (SSSR count). The Morgan fingerprint density at radius 3 is 2.78 bits per heavy atom. The third-order valence-corrected chi connectivity index (χ3v) is 5.81. The lowest BCUT2D eigenvalue weighted by Gasteiger charge is -2.39. The van der Waals surface area contributed by atoms with Gasteiger partial charge < -0.3 is 16.4 Å². The van der Waals surface area contributed by atoms with E-state index >= 15 is 0 Å². The molecule has 3 aromatic heterocycles. The van der Waals surface area contributed by atoms with Crippen molar-refractivity contribution in [1.29, 1.82) is 5.26 Å². The molecule has 32 heavy (non-hydrogen) atoms. The predicted octanol–water partition coefficient (Wildman–Crippen LogP) is 3.32. The number of anilines is 3. The van der Waals surface area contributed by atoms with E-state index in [0.717, 1.165) is 18.5 Å². The molecule has 164 valence electrons. The monoisotopic (exact) mass is 434 g/mol. The number of hydrogen-bond donors (Lipinski definition) is 3. The summed E-state index contributed by atoms with van der Waals surface area (Å²) >= 11 is 0. The maximum absolute atomic E-state index is 13.5. The number of halogens is 1. The van der Waals surface area contributed by atoms with Gasteiger partial charge >= 0.3 is 0 Å². The molecule has 1 aliphatic carbocycles. The van der Waals surface area contributed by atoms with E-state index in [-0.39, 0.29) is 23.8 Å². The number of aromatic nitrogens is 4. The highest BCUT2D eigenvalue weighted by Gasteiger charge is 2.38. The maximum atomic E-state index is 13.5.